The van der Waals surface area contributed by atoms with E-state index in [1.54, 1.807) is 0 Å². The Kier molecular flexibility index (Phi) is 17.5. The monoisotopic (exact) mass is 347 g/mol. The summed E-state index contributed by atoms with van der Waals surface area (Å²) in [6, 6.07) is 0.801. The van der Waals surface area contributed by atoms with Gasteiger partial charge in [0.2, 0.25) is 0 Å². The molecule has 0 aromatic carbocycles. The maximum absolute atomic E-state index is 4.43. The summed E-state index contributed by atoms with van der Waals surface area (Å²) >= 11 is 0. The molecule has 0 heterocycles. The molecule has 1 unspecified atom stereocenters. The van der Waals surface area contributed by atoms with Gasteiger partial charge in [-0.25, -0.2) is 12.3 Å². The summed E-state index contributed by atoms with van der Waals surface area (Å²) in [5.74, 6) is 0. The van der Waals surface area contributed by atoms with Gasteiger partial charge in [-0.2, -0.15) is 6.54 Å². The molecule has 0 bridgehead atoms. The number of hydrogen-bond donors (Lipinski definition) is 0. The number of hydrogen-bond acceptors (Lipinski definition) is 0. The second kappa shape index (κ2) is 14.0. The zero-order valence-electron chi connectivity index (χ0n) is 15.6. The van der Waals surface area contributed by atoms with E-state index < -0.39 is 0 Å². The van der Waals surface area contributed by atoms with Crippen LogP contribution in [0.2, 0.25) is 0 Å². The Bertz CT molecular complexity index is 205. The van der Waals surface area contributed by atoms with Crippen LogP contribution in [0.15, 0.2) is 0 Å². The molecular weight excluding hydrogens is 312 g/mol. The first-order valence-corrected chi connectivity index (χ1v) is 7.76. The molecule has 0 rings (SSSR count). The van der Waals surface area contributed by atoms with Crippen LogP contribution in [-0.4, -0.2) is 36.5 Å². The van der Waals surface area contributed by atoms with Gasteiger partial charge in [0.1, 0.15) is 0 Å². The van der Waals surface area contributed by atoms with E-state index in [9.17, 15) is 0 Å². The predicted molar refractivity (Wildman–Crippen MR) is 92.9 cm³/mol. The molecule has 0 aliphatic heterocycles. The first kappa shape index (κ1) is 26.3. The second-order valence-electron chi connectivity index (χ2n) is 6.55. The summed E-state index contributed by atoms with van der Waals surface area (Å²) in [7, 11) is 0. The summed E-state index contributed by atoms with van der Waals surface area (Å²) in [5.41, 5.74) is 0.0537. The van der Waals surface area contributed by atoms with Crippen molar-refractivity contribution in [1.29, 1.82) is 0 Å². The van der Waals surface area contributed by atoms with Crippen molar-refractivity contribution >= 4 is 0 Å². The first-order chi connectivity index (χ1) is 8.97. The number of nitrogens with zero attached hydrogens (tertiary/aromatic N) is 4. The molecule has 0 fully saturated rings. The molecule has 0 spiro atoms. The molecule has 5 heteroatoms. The Labute approximate surface area is 144 Å². The third-order valence-electron chi connectivity index (χ3n) is 2.05. The third kappa shape index (κ3) is 25.6. The van der Waals surface area contributed by atoms with Crippen molar-refractivity contribution in [2.75, 3.05) is 6.54 Å². The van der Waals surface area contributed by atoms with Crippen molar-refractivity contribution in [2.24, 2.45) is 0 Å². The molecule has 0 saturated carbocycles. The van der Waals surface area contributed by atoms with Crippen LogP contribution in [0.4, 0.5) is 0 Å². The van der Waals surface area contributed by atoms with Gasteiger partial charge >= 0.3 is 0 Å². The topological polar surface area (TPSA) is 56.4 Å². The van der Waals surface area contributed by atoms with Crippen molar-refractivity contribution in [1.82, 2.24) is 0 Å². The van der Waals surface area contributed by atoms with E-state index >= 15 is 0 Å². The van der Waals surface area contributed by atoms with Gasteiger partial charge in [0.05, 0.1) is 0 Å². The molecule has 0 aliphatic rings. The van der Waals surface area contributed by atoms with Gasteiger partial charge in [-0.05, 0) is 0 Å². The SMILES string of the molecule is CC(C)[N-]C(C)[N-]C(C)C.CC[N-]C(C)[N-]C(C)(C)C.[Cu]. The van der Waals surface area contributed by atoms with Crippen LogP contribution in [0.5, 0.6) is 0 Å². The van der Waals surface area contributed by atoms with E-state index in [1.807, 2.05) is 20.8 Å². The van der Waals surface area contributed by atoms with E-state index in [1.165, 1.54) is 0 Å². The Morgan fingerprint density at radius 1 is 0.762 bits per heavy atom. The molecule has 0 aromatic heterocycles. The molecule has 21 heavy (non-hydrogen) atoms. The minimum atomic E-state index is 0. The Hall–Kier alpha value is 0.359. The first-order valence-electron chi connectivity index (χ1n) is 7.76. The quantitative estimate of drug-likeness (QED) is 0.523. The van der Waals surface area contributed by atoms with Crippen LogP contribution in [0, 0.1) is 0 Å². The maximum Gasteiger partial charge on any atom is 0 e. The molecule has 4 nitrogen and oxygen atoms in total. The third-order valence-corrected chi connectivity index (χ3v) is 2.05. The van der Waals surface area contributed by atoms with Gasteiger partial charge < -0.3 is 21.3 Å². The standard InChI is InChI=1S/2C8H18N2.Cu/c1-6-9-7(2)10-8(3,4)5;1-6(2)9-8(5)10-7(3)4;/h7H,6H2,1-5H3;6-8H,1-5H3;/q2*-2;. The summed E-state index contributed by atoms with van der Waals surface area (Å²) in [6.45, 7) is 21.5. The van der Waals surface area contributed by atoms with Gasteiger partial charge in [0.25, 0.3) is 0 Å². The van der Waals surface area contributed by atoms with Crippen molar-refractivity contribution in [3.8, 4) is 0 Å². The van der Waals surface area contributed by atoms with E-state index in [0.717, 1.165) is 6.54 Å². The van der Waals surface area contributed by atoms with Crippen LogP contribution in [0.1, 0.15) is 69.2 Å². The van der Waals surface area contributed by atoms with Gasteiger partial charge in [0.15, 0.2) is 0 Å². The minimum Gasteiger partial charge on any atom is -0.678 e. The fourth-order valence-electron chi connectivity index (χ4n) is 1.77. The molecule has 135 valence electrons. The van der Waals surface area contributed by atoms with Gasteiger partial charge in [-0.15, -0.1) is 31.5 Å². The predicted octanol–water partition coefficient (Wildman–Crippen LogP) is 5.79. The normalized spacial score (nSPS) is 13.0. The van der Waals surface area contributed by atoms with Crippen molar-refractivity contribution < 1.29 is 17.1 Å². The minimum absolute atomic E-state index is 0. The molecule has 0 aliphatic carbocycles. The van der Waals surface area contributed by atoms with Gasteiger partial charge in [-0.3, -0.25) is 0 Å². The molecule has 0 N–H and O–H groups in total. The number of rotatable bonds is 7. The average Bonchev–Trinajstić information content (AvgIpc) is 2.12. The van der Waals surface area contributed by atoms with E-state index in [2.05, 4.69) is 69.7 Å². The van der Waals surface area contributed by atoms with Crippen molar-refractivity contribution in [2.45, 2.75) is 99.2 Å². The van der Waals surface area contributed by atoms with Crippen molar-refractivity contribution in [3.05, 3.63) is 21.3 Å². The fraction of sp³-hybridized carbons (Fsp3) is 1.00. The molecular formula is C16H36CuN4-4. The molecule has 0 aromatic rings. The Morgan fingerprint density at radius 3 is 1.38 bits per heavy atom. The van der Waals surface area contributed by atoms with Crippen LogP contribution in [0.25, 0.3) is 21.3 Å². The summed E-state index contributed by atoms with van der Waals surface area (Å²) in [6.07, 6.45) is 0.324. The molecule has 1 atom stereocenters. The fourth-order valence-corrected chi connectivity index (χ4v) is 1.77. The Morgan fingerprint density at radius 2 is 1.14 bits per heavy atom. The Balaban J connectivity index is -0.000000295. The van der Waals surface area contributed by atoms with Crippen LogP contribution in [-0.2, 0) is 17.1 Å². The van der Waals surface area contributed by atoms with Gasteiger partial charge in [0, 0.05) is 17.1 Å². The van der Waals surface area contributed by atoms with Crippen LogP contribution >= 0.6 is 0 Å². The summed E-state index contributed by atoms with van der Waals surface area (Å²) in [5, 5.41) is 17.4. The smallest absolute Gasteiger partial charge is 0 e. The zero-order valence-corrected chi connectivity index (χ0v) is 16.5. The summed E-state index contributed by atoms with van der Waals surface area (Å²) in [4.78, 5) is 0. The second-order valence-corrected chi connectivity index (χ2v) is 6.55. The van der Waals surface area contributed by atoms with Crippen LogP contribution in [0.3, 0.4) is 0 Å². The van der Waals surface area contributed by atoms with E-state index in [-0.39, 0.29) is 34.9 Å². The zero-order chi connectivity index (χ0) is 16.3. The molecule has 1 radical (unpaired) electrons. The molecule has 0 saturated heterocycles. The van der Waals surface area contributed by atoms with Crippen LogP contribution < -0.4 is 0 Å². The summed E-state index contributed by atoms with van der Waals surface area (Å²) < 4.78 is 0. The largest absolute Gasteiger partial charge is 0.678 e. The van der Waals surface area contributed by atoms with E-state index in [4.69, 9.17) is 0 Å². The van der Waals surface area contributed by atoms with E-state index in [0.29, 0.717) is 12.1 Å². The van der Waals surface area contributed by atoms with Gasteiger partial charge in [-0.1, -0.05) is 55.4 Å². The molecule has 0 amide bonds. The maximum atomic E-state index is 4.43. The average molecular weight is 348 g/mol. The van der Waals surface area contributed by atoms with Crippen molar-refractivity contribution in [3.63, 3.8) is 0 Å².